The van der Waals surface area contributed by atoms with Gasteiger partial charge >= 0.3 is 0 Å². The second kappa shape index (κ2) is 5.26. The fraction of sp³-hybridized carbons (Fsp3) is 0.625. The van der Waals surface area contributed by atoms with Crippen LogP contribution >= 0.6 is 0 Å². The molecule has 4 heteroatoms. The highest BCUT2D eigenvalue weighted by Crippen LogP contribution is 2.36. The monoisotopic (exact) mass is 276 g/mol. The highest BCUT2D eigenvalue weighted by molar-refractivity contribution is 5.60. The van der Waals surface area contributed by atoms with E-state index in [0.717, 1.165) is 49.5 Å². The number of aliphatic hydroxyl groups excluding tert-OH is 1. The number of benzene rings is 1. The van der Waals surface area contributed by atoms with Crippen LogP contribution in [-0.4, -0.2) is 30.3 Å². The molecular formula is C16H24N2O2. The van der Waals surface area contributed by atoms with Crippen molar-refractivity contribution in [1.29, 1.82) is 0 Å². The Balaban J connectivity index is 1.78. The normalized spacial score (nSPS) is 26.1. The Morgan fingerprint density at radius 1 is 1.40 bits per heavy atom. The Hall–Kier alpha value is -1.26. The molecule has 1 fully saturated rings. The van der Waals surface area contributed by atoms with Crippen molar-refractivity contribution in [2.45, 2.75) is 38.4 Å². The third-order valence-electron chi connectivity index (χ3n) is 4.22. The van der Waals surface area contributed by atoms with Crippen LogP contribution in [-0.2, 0) is 0 Å². The molecule has 0 saturated carbocycles. The van der Waals surface area contributed by atoms with Crippen molar-refractivity contribution in [3.63, 3.8) is 0 Å². The SMILES string of the molecule is CC1(C)CNc2cc(C(O)C3CCCNC3)ccc2O1. The van der Waals surface area contributed by atoms with Gasteiger partial charge in [-0.15, -0.1) is 0 Å². The highest BCUT2D eigenvalue weighted by Gasteiger charge is 2.28. The first-order valence-electron chi connectivity index (χ1n) is 7.51. The quantitative estimate of drug-likeness (QED) is 0.776. The van der Waals surface area contributed by atoms with Crippen LogP contribution in [0.25, 0.3) is 0 Å². The third kappa shape index (κ3) is 2.76. The number of nitrogens with one attached hydrogen (secondary N) is 2. The van der Waals surface area contributed by atoms with E-state index in [4.69, 9.17) is 4.74 Å². The summed E-state index contributed by atoms with van der Waals surface area (Å²) in [5, 5.41) is 17.3. The highest BCUT2D eigenvalue weighted by atomic mass is 16.5. The Morgan fingerprint density at radius 3 is 3.00 bits per heavy atom. The van der Waals surface area contributed by atoms with E-state index in [2.05, 4.69) is 24.5 Å². The lowest BCUT2D eigenvalue weighted by molar-refractivity contribution is 0.0915. The smallest absolute Gasteiger partial charge is 0.143 e. The number of piperidine rings is 1. The van der Waals surface area contributed by atoms with Gasteiger partial charge in [-0.3, -0.25) is 0 Å². The van der Waals surface area contributed by atoms with E-state index in [1.54, 1.807) is 0 Å². The molecular weight excluding hydrogens is 252 g/mol. The predicted octanol–water partition coefficient (Wildman–Crippen LogP) is 2.30. The first-order chi connectivity index (χ1) is 9.55. The van der Waals surface area contributed by atoms with Gasteiger partial charge in [0.1, 0.15) is 11.4 Å². The summed E-state index contributed by atoms with van der Waals surface area (Å²) < 4.78 is 5.94. The number of aliphatic hydroxyl groups is 1. The lowest BCUT2D eigenvalue weighted by Gasteiger charge is -2.34. The maximum absolute atomic E-state index is 10.5. The number of ether oxygens (including phenoxy) is 1. The van der Waals surface area contributed by atoms with Crippen molar-refractivity contribution in [1.82, 2.24) is 5.32 Å². The molecule has 110 valence electrons. The van der Waals surface area contributed by atoms with E-state index in [1.807, 2.05) is 18.2 Å². The molecule has 1 aromatic rings. The van der Waals surface area contributed by atoms with E-state index in [9.17, 15) is 5.11 Å². The molecule has 1 saturated heterocycles. The second-order valence-electron chi connectivity index (χ2n) is 6.52. The number of rotatable bonds is 2. The van der Waals surface area contributed by atoms with Gasteiger partial charge < -0.3 is 20.5 Å². The summed E-state index contributed by atoms with van der Waals surface area (Å²) in [5.41, 5.74) is 1.79. The van der Waals surface area contributed by atoms with Gasteiger partial charge in [0.15, 0.2) is 0 Å². The van der Waals surface area contributed by atoms with Gasteiger partial charge in [0.25, 0.3) is 0 Å². The van der Waals surface area contributed by atoms with Crippen LogP contribution in [0.5, 0.6) is 5.75 Å². The average molecular weight is 276 g/mol. The molecule has 2 unspecified atom stereocenters. The van der Waals surface area contributed by atoms with Gasteiger partial charge in [-0.1, -0.05) is 6.07 Å². The van der Waals surface area contributed by atoms with Gasteiger partial charge in [0, 0.05) is 12.5 Å². The van der Waals surface area contributed by atoms with Crippen LogP contribution in [0.2, 0.25) is 0 Å². The molecule has 0 bridgehead atoms. The molecule has 0 radical (unpaired) electrons. The van der Waals surface area contributed by atoms with E-state index in [-0.39, 0.29) is 5.60 Å². The molecule has 2 aliphatic heterocycles. The molecule has 3 N–H and O–H groups in total. The van der Waals surface area contributed by atoms with Gasteiger partial charge in [-0.05, 0) is 50.9 Å². The van der Waals surface area contributed by atoms with E-state index >= 15 is 0 Å². The zero-order valence-corrected chi connectivity index (χ0v) is 12.3. The Kier molecular flexibility index (Phi) is 3.61. The molecule has 0 amide bonds. The molecule has 20 heavy (non-hydrogen) atoms. The number of hydrogen-bond acceptors (Lipinski definition) is 4. The minimum absolute atomic E-state index is 0.180. The molecule has 0 aliphatic carbocycles. The van der Waals surface area contributed by atoms with Crippen LogP contribution in [0.15, 0.2) is 18.2 Å². The minimum Gasteiger partial charge on any atom is -0.484 e. The summed E-state index contributed by atoms with van der Waals surface area (Å²) >= 11 is 0. The summed E-state index contributed by atoms with van der Waals surface area (Å²) in [6, 6.07) is 5.99. The topological polar surface area (TPSA) is 53.5 Å². The molecule has 0 aromatic heterocycles. The number of anilines is 1. The van der Waals surface area contributed by atoms with Crippen LogP contribution in [0.3, 0.4) is 0 Å². The van der Waals surface area contributed by atoms with Crippen LogP contribution in [0.1, 0.15) is 38.4 Å². The Bertz CT molecular complexity index is 481. The molecule has 2 aliphatic rings. The van der Waals surface area contributed by atoms with Crippen molar-refractivity contribution < 1.29 is 9.84 Å². The molecule has 1 aromatic carbocycles. The number of hydrogen-bond donors (Lipinski definition) is 3. The van der Waals surface area contributed by atoms with Crippen molar-refractivity contribution in [2.24, 2.45) is 5.92 Å². The van der Waals surface area contributed by atoms with Gasteiger partial charge in [-0.2, -0.15) is 0 Å². The van der Waals surface area contributed by atoms with Crippen molar-refractivity contribution in [2.75, 3.05) is 25.0 Å². The molecule has 3 rings (SSSR count). The molecule has 2 atom stereocenters. The third-order valence-corrected chi connectivity index (χ3v) is 4.22. The van der Waals surface area contributed by atoms with Gasteiger partial charge in [0.05, 0.1) is 18.3 Å². The zero-order valence-electron chi connectivity index (χ0n) is 12.3. The van der Waals surface area contributed by atoms with E-state index in [0.29, 0.717) is 5.92 Å². The standard InChI is InChI=1S/C16H24N2O2/c1-16(2)10-18-13-8-11(5-6-14(13)20-16)15(19)12-4-3-7-17-9-12/h5-6,8,12,15,17-19H,3-4,7,9-10H2,1-2H3. The lowest BCUT2D eigenvalue weighted by Crippen LogP contribution is -2.40. The van der Waals surface area contributed by atoms with Crippen molar-refractivity contribution in [3.05, 3.63) is 23.8 Å². The fourth-order valence-electron chi connectivity index (χ4n) is 3.02. The summed E-state index contributed by atoms with van der Waals surface area (Å²) in [7, 11) is 0. The predicted molar refractivity (Wildman–Crippen MR) is 80.2 cm³/mol. The van der Waals surface area contributed by atoms with Gasteiger partial charge in [0.2, 0.25) is 0 Å². The van der Waals surface area contributed by atoms with Crippen LogP contribution in [0.4, 0.5) is 5.69 Å². The largest absolute Gasteiger partial charge is 0.484 e. The maximum atomic E-state index is 10.5. The molecule has 2 heterocycles. The number of fused-ring (bicyclic) bond motifs is 1. The summed E-state index contributed by atoms with van der Waals surface area (Å²) in [5.74, 6) is 1.18. The maximum Gasteiger partial charge on any atom is 0.143 e. The average Bonchev–Trinajstić information content (AvgIpc) is 2.46. The first-order valence-corrected chi connectivity index (χ1v) is 7.51. The summed E-state index contributed by atoms with van der Waals surface area (Å²) in [6.07, 6.45) is 1.83. The summed E-state index contributed by atoms with van der Waals surface area (Å²) in [6.45, 7) is 6.89. The van der Waals surface area contributed by atoms with Crippen LogP contribution in [0, 0.1) is 5.92 Å². The summed E-state index contributed by atoms with van der Waals surface area (Å²) in [4.78, 5) is 0. The zero-order chi connectivity index (χ0) is 14.2. The second-order valence-corrected chi connectivity index (χ2v) is 6.52. The van der Waals surface area contributed by atoms with Crippen molar-refractivity contribution >= 4 is 5.69 Å². The first kappa shape index (κ1) is 13.7. The van der Waals surface area contributed by atoms with Crippen molar-refractivity contribution in [3.8, 4) is 5.75 Å². The minimum atomic E-state index is -0.398. The fourth-order valence-corrected chi connectivity index (χ4v) is 3.02. The van der Waals surface area contributed by atoms with E-state index < -0.39 is 6.10 Å². The lowest BCUT2D eigenvalue weighted by atomic mass is 9.89. The molecule has 0 spiro atoms. The Morgan fingerprint density at radius 2 is 2.25 bits per heavy atom. The van der Waals surface area contributed by atoms with Crippen LogP contribution < -0.4 is 15.4 Å². The molecule has 4 nitrogen and oxygen atoms in total. The Labute approximate surface area is 120 Å². The van der Waals surface area contributed by atoms with Gasteiger partial charge in [-0.25, -0.2) is 0 Å². The van der Waals surface area contributed by atoms with E-state index in [1.165, 1.54) is 0 Å².